The molecule has 1 amide bonds. The van der Waals surface area contributed by atoms with Crippen molar-refractivity contribution in [3.63, 3.8) is 0 Å². The van der Waals surface area contributed by atoms with Crippen LogP contribution in [0.2, 0.25) is 0 Å². The molecule has 9 nitrogen and oxygen atoms in total. The zero-order valence-electron chi connectivity index (χ0n) is 18.6. The van der Waals surface area contributed by atoms with E-state index < -0.39 is 10.2 Å². The van der Waals surface area contributed by atoms with Crippen LogP contribution in [0, 0.1) is 16.7 Å². The van der Waals surface area contributed by atoms with Gasteiger partial charge in [0, 0.05) is 35.5 Å². The number of likely N-dealkylation sites (tertiary alicyclic amines) is 1. The third-order valence-electron chi connectivity index (χ3n) is 7.46. The highest BCUT2D eigenvalue weighted by Gasteiger charge is 2.45. The molecule has 1 aliphatic carbocycles. The minimum absolute atomic E-state index is 0.0166. The van der Waals surface area contributed by atoms with E-state index >= 15 is 0 Å². The van der Waals surface area contributed by atoms with Gasteiger partial charge >= 0.3 is 0 Å². The lowest BCUT2D eigenvalue weighted by Gasteiger charge is -2.18. The maximum absolute atomic E-state index is 12.0. The quantitative estimate of drug-likeness (QED) is 0.349. The smallest absolute Gasteiger partial charge is 0.245 e. The summed E-state index contributed by atoms with van der Waals surface area (Å²) in [5.74, 6) is 1.67. The van der Waals surface area contributed by atoms with Crippen molar-refractivity contribution in [2.24, 2.45) is 16.4 Å². The number of carbonyl (C=O) groups excluding carboxylic acids is 1. The standard InChI is InChI=1S/C23H25N7O2S/c1-4-19(31)29-10-14-7-16(8-15(14)11-29)30-23-20(22(24-2)25-12-26-23)21(27-30)13-5-6-17-18(9-13)33(17,3)28-32/h4-6,9,12,14-16H,1,7-8,10-11H2,2-3H3,(H,24,25,26). The first-order chi connectivity index (χ1) is 16.0. The van der Waals surface area contributed by atoms with Gasteiger partial charge in [-0.25, -0.2) is 14.6 Å². The van der Waals surface area contributed by atoms with Gasteiger partial charge in [0.05, 0.1) is 11.4 Å². The minimum Gasteiger partial charge on any atom is -0.372 e. The van der Waals surface area contributed by atoms with Gasteiger partial charge in [0.2, 0.25) is 5.91 Å². The Morgan fingerprint density at radius 2 is 2.00 bits per heavy atom. The lowest BCUT2D eigenvalue weighted by molar-refractivity contribution is -0.125. The van der Waals surface area contributed by atoms with E-state index in [4.69, 9.17) is 5.10 Å². The van der Waals surface area contributed by atoms with Gasteiger partial charge in [0.1, 0.15) is 17.8 Å². The molecule has 170 valence electrons. The first kappa shape index (κ1) is 20.3. The highest BCUT2D eigenvalue weighted by Crippen LogP contribution is 2.78. The summed E-state index contributed by atoms with van der Waals surface area (Å²) in [6.07, 6.45) is 6.82. The summed E-state index contributed by atoms with van der Waals surface area (Å²) < 4.78 is 5.45. The van der Waals surface area contributed by atoms with Gasteiger partial charge in [0.15, 0.2) is 5.65 Å². The molecule has 10 heteroatoms. The summed E-state index contributed by atoms with van der Waals surface area (Å²) in [7, 11) is 0.189. The van der Waals surface area contributed by atoms with Crippen molar-refractivity contribution in [2.75, 3.05) is 31.7 Å². The summed E-state index contributed by atoms with van der Waals surface area (Å²) in [4.78, 5) is 36.5. The van der Waals surface area contributed by atoms with Gasteiger partial charge in [0.25, 0.3) is 0 Å². The molecule has 1 saturated heterocycles. The monoisotopic (exact) mass is 463 g/mol. The first-order valence-electron chi connectivity index (χ1n) is 11.1. The Kier molecular flexibility index (Phi) is 4.39. The van der Waals surface area contributed by atoms with Crippen molar-refractivity contribution in [2.45, 2.75) is 28.7 Å². The largest absolute Gasteiger partial charge is 0.372 e. The molecule has 6 rings (SSSR count). The molecule has 0 bridgehead atoms. The van der Waals surface area contributed by atoms with E-state index in [1.54, 1.807) is 6.33 Å². The fourth-order valence-electron chi connectivity index (χ4n) is 5.70. The Balaban J connectivity index is 1.39. The van der Waals surface area contributed by atoms with E-state index in [0.29, 0.717) is 11.8 Å². The second-order valence-corrected chi connectivity index (χ2v) is 11.9. The van der Waals surface area contributed by atoms with E-state index in [1.807, 2.05) is 36.4 Å². The number of aromatic nitrogens is 4. The van der Waals surface area contributed by atoms with Crippen LogP contribution in [0.15, 0.2) is 51.6 Å². The number of rotatable bonds is 5. The Morgan fingerprint density at radius 3 is 2.67 bits per heavy atom. The van der Waals surface area contributed by atoms with Crippen LogP contribution in [0.4, 0.5) is 5.82 Å². The van der Waals surface area contributed by atoms with Crippen LogP contribution in [0.5, 0.6) is 0 Å². The molecular weight excluding hydrogens is 438 g/mol. The number of nitroso groups, excluding NO2 is 1. The highest BCUT2D eigenvalue weighted by atomic mass is 32.3. The van der Waals surface area contributed by atoms with Gasteiger partial charge < -0.3 is 10.2 Å². The van der Waals surface area contributed by atoms with Crippen molar-refractivity contribution in [1.82, 2.24) is 24.6 Å². The van der Waals surface area contributed by atoms with Crippen molar-refractivity contribution < 1.29 is 4.79 Å². The second-order valence-electron chi connectivity index (χ2n) is 9.17. The maximum atomic E-state index is 12.0. The summed E-state index contributed by atoms with van der Waals surface area (Å²) in [6.45, 7) is 5.18. The van der Waals surface area contributed by atoms with Gasteiger partial charge in [-0.15, -0.1) is 4.91 Å². The van der Waals surface area contributed by atoms with Crippen LogP contribution in [0.3, 0.4) is 0 Å². The van der Waals surface area contributed by atoms with E-state index in [1.165, 1.54) is 6.08 Å². The molecule has 3 unspecified atom stereocenters. The molecule has 4 heterocycles. The summed E-state index contributed by atoms with van der Waals surface area (Å²) in [6, 6.07) is 6.28. The first-order valence-corrected chi connectivity index (χ1v) is 13.1. The number of nitrogens with one attached hydrogen (secondary N) is 1. The SMILES string of the molecule is C=CC(=O)N1CC2CC(n3nc(-c4ccc5c(c4)S5(C)N=O)c4c(NC)ncnc43)CC2C1. The molecule has 1 N–H and O–H groups in total. The molecule has 33 heavy (non-hydrogen) atoms. The fraction of sp³-hybridized carbons (Fsp3) is 0.391. The van der Waals surface area contributed by atoms with Crippen LogP contribution >= 0.6 is 10.2 Å². The number of benzene rings is 1. The molecule has 3 aromatic rings. The third kappa shape index (κ3) is 2.86. The van der Waals surface area contributed by atoms with Crippen molar-refractivity contribution in [3.05, 3.63) is 42.1 Å². The Hall–Kier alpha value is -3.27. The minimum atomic E-state index is -1.66. The molecule has 3 atom stereocenters. The topological polar surface area (TPSA) is 105 Å². The molecule has 0 radical (unpaired) electrons. The predicted octanol–water partition coefficient (Wildman–Crippen LogP) is 3.98. The van der Waals surface area contributed by atoms with E-state index in [9.17, 15) is 9.70 Å². The number of carbonyl (C=O) groups is 1. The Morgan fingerprint density at radius 1 is 1.24 bits per heavy atom. The lowest BCUT2D eigenvalue weighted by atomic mass is 10.0. The summed E-state index contributed by atoms with van der Waals surface area (Å²) in [5.41, 5.74) is 2.57. The number of nitrogens with zero attached hydrogens (tertiary/aromatic N) is 6. The summed E-state index contributed by atoms with van der Waals surface area (Å²) >= 11 is 0. The average molecular weight is 464 g/mol. The van der Waals surface area contributed by atoms with Crippen LogP contribution in [-0.4, -0.2) is 56.9 Å². The van der Waals surface area contributed by atoms with Gasteiger partial charge in [-0.1, -0.05) is 22.9 Å². The Labute approximate surface area is 192 Å². The number of amides is 1. The van der Waals surface area contributed by atoms with Gasteiger partial charge in [-0.05, 0) is 53.7 Å². The predicted molar refractivity (Wildman–Crippen MR) is 128 cm³/mol. The number of fused-ring (bicyclic) bond motifs is 3. The molecule has 0 spiro atoms. The summed E-state index contributed by atoms with van der Waals surface area (Å²) in [5, 5.41) is 9.13. The molecule has 3 aliphatic rings. The fourth-order valence-corrected chi connectivity index (χ4v) is 7.69. The molecule has 1 saturated carbocycles. The van der Waals surface area contributed by atoms with E-state index in [0.717, 1.165) is 63.8 Å². The maximum Gasteiger partial charge on any atom is 0.245 e. The van der Waals surface area contributed by atoms with Crippen LogP contribution in [-0.2, 0) is 4.79 Å². The Bertz CT molecular complexity index is 1320. The van der Waals surface area contributed by atoms with Crippen molar-refractivity contribution >= 4 is 33.0 Å². The molecule has 2 fully saturated rings. The molecule has 2 aromatic heterocycles. The molecule has 2 aliphatic heterocycles. The second kappa shape index (κ2) is 7.11. The van der Waals surface area contributed by atoms with Crippen molar-refractivity contribution in [1.29, 1.82) is 0 Å². The zero-order valence-corrected chi connectivity index (χ0v) is 19.4. The molecular formula is C23H25N7O2S. The van der Waals surface area contributed by atoms with E-state index in [2.05, 4.69) is 31.1 Å². The number of hydrogen-bond acceptors (Lipinski definition) is 7. The van der Waals surface area contributed by atoms with E-state index in [-0.39, 0.29) is 11.9 Å². The zero-order chi connectivity index (χ0) is 22.9. The number of hydrogen-bond donors (Lipinski definition) is 1. The van der Waals surface area contributed by atoms with Gasteiger partial charge in [-0.2, -0.15) is 5.10 Å². The van der Waals surface area contributed by atoms with Crippen molar-refractivity contribution in [3.8, 4) is 11.3 Å². The van der Waals surface area contributed by atoms with Crippen LogP contribution in [0.25, 0.3) is 22.3 Å². The average Bonchev–Trinajstić information content (AvgIpc) is 3.25. The number of anilines is 1. The van der Waals surface area contributed by atoms with Gasteiger partial charge in [-0.3, -0.25) is 4.79 Å². The molecule has 1 aromatic carbocycles. The van der Waals surface area contributed by atoms with Crippen LogP contribution < -0.4 is 5.32 Å². The van der Waals surface area contributed by atoms with Crippen LogP contribution in [0.1, 0.15) is 18.9 Å². The highest BCUT2D eigenvalue weighted by molar-refractivity contribution is 8.36. The third-order valence-corrected chi connectivity index (χ3v) is 9.97. The lowest BCUT2D eigenvalue weighted by Crippen LogP contribution is -2.28. The normalized spacial score (nSPS) is 29.3.